The molecule has 0 atom stereocenters. The second kappa shape index (κ2) is 4.73. The van der Waals surface area contributed by atoms with Gasteiger partial charge in [-0.15, -0.1) is 12.4 Å². The predicted molar refractivity (Wildman–Crippen MR) is 70.9 cm³/mol. The molecule has 0 aromatic heterocycles. The molecule has 1 amide bonds. The van der Waals surface area contributed by atoms with E-state index in [9.17, 15) is 4.79 Å². The lowest BCUT2D eigenvalue weighted by Crippen LogP contribution is -2.38. The molecule has 16 heavy (non-hydrogen) atoms. The summed E-state index contributed by atoms with van der Waals surface area (Å²) < 4.78 is 0.988. The molecule has 3 nitrogen and oxygen atoms in total. The first kappa shape index (κ1) is 13.5. The van der Waals surface area contributed by atoms with Crippen molar-refractivity contribution in [1.82, 2.24) is 0 Å². The van der Waals surface area contributed by atoms with Gasteiger partial charge in [-0.05, 0) is 37.5 Å². The fourth-order valence-corrected chi connectivity index (χ4v) is 1.72. The van der Waals surface area contributed by atoms with Crippen molar-refractivity contribution in [3.63, 3.8) is 0 Å². The number of carbonyl (C=O) groups excluding carboxylic acids is 1. The fraction of sp³-hybridized carbons (Fsp3) is 0.364. The third kappa shape index (κ3) is 2.56. The number of nitrogens with one attached hydrogen (secondary N) is 1. The number of hydrogen-bond acceptors (Lipinski definition) is 2. The summed E-state index contributed by atoms with van der Waals surface area (Å²) in [5, 5.41) is 2.86. The first-order valence-electron chi connectivity index (χ1n) is 4.88. The van der Waals surface area contributed by atoms with Crippen LogP contribution in [0.25, 0.3) is 0 Å². The highest BCUT2D eigenvalue weighted by Gasteiger charge is 2.46. The molecule has 0 heterocycles. The van der Waals surface area contributed by atoms with Gasteiger partial charge in [0.25, 0.3) is 0 Å². The van der Waals surface area contributed by atoms with Crippen LogP contribution in [0.3, 0.4) is 0 Å². The molecule has 5 heteroatoms. The normalized spacial score (nSPS) is 16.2. The largest absolute Gasteiger partial charge is 0.324 e. The van der Waals surface area contributed by atoms with E-state index in [2.05, 4.69) is 21.2 Å². The third-order valence-electron chi connectivity index (χ3n) is 2.76. The SMILES string of the molecule is Cc1c(Br)cccc1NC(=O)C1(N)CC1.Cl. The number of rotatable bonds is 2. The van der Waals surface area contributed by atoms with Crippen molar-refractivity contribution in [2.75, 3.05) is 5.32 Å². The van der Waals surface area contributed by atoms with Crippen molar-refractivity contribution in [2.45, 2.75) is 25.3 Å². The molecule has 1 aromatic rings. The molecule has 0 unspecified atom stereocenters. The number of halogens is 2. The topological polar surface area (TPSA) is 55.1 Å². The molecule has 1 saturated carbocycles. The molecule has 2 rings (SSSR count). The van der Waals surface area contributed by atoms with Gasteiger partial charge in [0, 0.05) is 10.2 Å². The van der Waals surface area contributed by atoms with Crippen molar-refractivity contribution in [3.05, 3.63) is 28.2 Å². The summed E-state index contributed by atoms with van der Waals surface area (Å²) in [6.45, 7) is 1.95. The lowest BCUT2D eigenvalue weighted by molar-refractivity contribution is -0.118. The van der Waals surface area contributed by atoms with Crippen LogP contribution in [0.15, 0.2) is 22.7 Å². The Bertz CT molecular complexity index is 418. The Morgan fingerprint density at radius 3 is 2.69 bits per heavy atom. The van der Waals surface area contributed by atoms with Crippen LogP contribution in [0.2, 0.25) is 0 Å². The molecule has 0 saturated heterocycles. The van der Waals surface area contributed by atoms with E-state index in [0.29, 0.717) is 0 Å². The molecule has 1 fully saturated rings. The Hall–Kier alpha value is -0.580. The number of nitrogens with two attached hydrogens (primary N) is 1. The number of anilines is 1. The molecule has 3 N–H and O–H groups in total. The van der Waals surface area contributed by atoms with E-state index in [4.69, 9.17) is 5.73 Å². The second-order valence-corrected chi connectivity index (χ2v) is 4.88. The summed E-state index contributed by atoms with van der Waals surface area (Å²) in [4.78, 5) is 11.7. The van der Waals surface area contributed by atoms with Gasteiger partial charge in [-0.1, -0.05) is 22.0 Å². The van der Waals surface area contributed by atoms with Crippen LogP contribution in [0.1, 0.15) is 18.4 Å². The number of carbonyl (C=O) groups is 1. The number of benzene rings is 1. The zero-order valence-electron chi connectivity index (χ0n) is 8.92. The monoisotopic (exact) mass is 304 g/mol. The van der Waals surface area contributed by atoms with Gasteiger partial charge in [0.2, 0.25) is 5.91 Å². The zero-order chi connectivity index (χ0) is 11.1. The van der Waals surface area contributed by atoms with Crippen molar-refractivity contribution in [3.8, 4) is 0 Å². The minimum atomic E-state index is -0.616. The van der Waals surface area contributed by atoms with E-state index in [1.807, 2.05) is 25.1 Å². The standard InChI is InChI=1S/C11H13BrN2O.ClH/c1-7-8(12)3-2-4-9(7)14-10(15)11(13)5-6-11;/h2-4H,5-6,13H2,1H3,(H,14,15);1H. The quantitative estimate of drug-likeness (QED) is 0.882. The number of hydrogen-bond donors (Lipinski definition) is 2. The maximum atomic E-state index is 11.7. The Morgan fingerprint density at radius 1 is 1.50 bits per heavy atom. The van der Waals surface area contributed by atoms with Crippen LogP contribution in [0.4, 0.5) is 5.69 Å². The van der Waals surface area contributed by atoms with Gasteiger partial charge in [0.15, 0.2) is 0 Å². The van der Waals surface area contributed by atoms with Gasteiger partial charge in [0.05, 0.1) is 5.54 Å². The van der Waals surface area contributed by atoms with Gasteiger partial charge in [-0.3, -0.25) is 4.79 Å². The summed E-state index contributed by atoms with van der Waals surface area (Å²) in [7, 11) is 0. The van der Waals surface area contributed by atoms with Crippen molar-refractivity contribution >= 4 is 39.9 Å². The van der Waals surface area contributed by atoms with E-state index >= 15 is 0 Å². The van der Waals surface area contributed by atoms with Gasteiger partial charge >= 0.3 is 0 Å². The second-order valence-electron chi connectivity index (χ2n) is 4.02. The van der Waals surface area contributed by atoms with Crippen LogP contribution in [0.5, 0.6) is 0 Å². The maximum Gasteiger partial charge on any atom is 0.244 e. The van der Waals surface area contributed by atoms with Crippen LogP contribution in [-0.2, 0) is 4.79 Å². The summed E-state index contributed by atoms with van der Waals surface area (Å²) in [6, 6.07) is 5.72. The molecule has 1 aliphatic rings. The molecule has 0 aliphatic heterocycles. The van der Waals surface area contributed by atoms with Gasteiger partial charge < -0.3 is 11.1 Å². The number of amides is 1. The molecular formula is C11H14BrClN2O. The third-order valence-corrected chi connectivity index (χ3v) is 3.62. The highest BCUT2D eigenvalue weighted by Crippen LogP contribution is 2.34. The molecular weight excluding hydrogens is 291 g/mol. The van der Waals surface area contributed by atoms with E-state index < -0.39 is 5.54 Å². The fourth-order valence-electron chi connectivity index (χ4n) is 1.35. The van der Waals surface area contributed by atoms with Crippen molar-refractivity contribution < 1.29 is 4.79 Å². The van der Waals surface area contributed by atoms with Crippen LogP contribution in [0, 0.1) is 6.92 Å². The Kier molecular flexibility index (Phi) is 3.99. The van der Waals surface area contributed by atoms with E-state index in [1.165, 1.54) is 0 Å². The highest BCUT2D eigenvalue weighted by atomic mass is 79.9. The summed E-state index contributed by atoms with van der Waals surface area (Å²) in [5.41, 5.74) is 7.03. The van der Waals surface area contributed by atoms with Gasteiger partial charge in [-0.2, -0.15) is 0 Å². The Morgan fingerprint density at radius 2 is 2.12 bits per heavy atom. The molecule has 0 bridgehead atoms. The van der Waals surface area contributed by atoms with Gasteiger partial charge in [-0.25, -0.2) is 0 Å². The lowest BCUT2D eigenvalue weighted by atomic mass is 10.2. The minimum absolute atomic E-state index is 0. The summed E-state index contributed by atoms with van der Waals surface area (Å²) >= 11 is 3.42. The maximum absolute atomic E-state index is 11.7. The van der Waals surface area contributed by atoms with Gasteiger partial charge in [0.1, 0.15) is 0 Å². The highest BCUT2D eigenvalue weighted by molar-refractivity contribution is 9.10. The average molecular weight is 306 g/mol. The minimum Gasteiger partial charge on any atom is -0.324 e. The van der Waals surface area contributed by atoms with Crippen LogP contribution in [-0.4, -0.2) is 11.4 Å². The van der Waals surface area contributed by atoms with Crippen molar-refractivity contribution in [2.24, 2.45) is 5.73 Å². The molecule has 1 aliphatic carbocycles. The lowest BCUT2D eigenvalue weighted by Gasteiger charge is -2.12. The smallest absolute Gasteiger partial charge is 0.244 e. The van der Waals surface area contributed by atoms with E-state index in [1.54, 1.807) is 0 Å². The summed E-state index contributed by atoms with van der Waals surface area (Å²) in [6.07, 6.45) is 1.57. The van der Waals surface area contributed by atoms with Crippen LogP contribution < -0.4 is 11.1 Å². The van der Waals surface area contributed by atoms with E-state index in [0.717, 1.165) is 28.6 Å². The summed E-state index contributed by atoms with van der Waals surface area (Å²) in [5.74, 6) is -0.0799. The Balaban J connectivity index is 0.00000128. The molecule has 1 aromatic carbocycles. The zero-order valence-corrected chi connectivity index (χ0v) is 11.3. The molecule has 0 spiro atoms. The first-order valence-corrected chi connectivity index (χ1v) is 5.68. The molecule has 88 valence electrons. The Labute approximate surface area is 109 Å². The van der Waals surface area contributed by atoms with Crippen LogP contribution >= 0.6 is 28.3 Å². The molecule has 0 radical (unpaired) electrons. The first-order chi connectivity index (χ1) is 7.03. The predicted octanol–water partition coefficient (Wildman–Crippen LogP) is 2.61. The van der Waals surface area contributed by atoms with E-state index in [-0.39, 0.29) is 18.3 Å². The van der Waals surface area contributed by atoms with Crippen molar-refractivity contribution in [1.29, 1.82) is 0 Å². The average Bonchev–Trinajstić information content (AvgIpc) is 2.93.